The second-order valence-corrected chi connectivity index (χ2v) is 6.98. The van der Waals surface area contributed by atoms with Gasteiger partial charge in [-0.25, -0.2) is 0 Å². The number of morpholine rings is 1. The molecule has 2 saturated heterocycles. The Bertz CT molecular complexity index is 381. The Morgan fingerprint density at radius 3 is 2.52 bits per heavy atom. The van der Waals surface area contributed by atoms with Crippen molar-refractivity contribution in [3.8, 4) is 0 Å². The van der Waals surface area contributed by atoms with E-state index in [1.807, 2.05) is 18.7 Å². The molecule has 2 fully saturated rings. The lowest BCUT2D eigenvalue weighted by Gasteiger charge is -2.37. The first kappa shape index (κ1) is 16.6. The predicted molar refractivity (Wildman–Crippen MR) is 84.1 cm³/mol. The number of rotatable bonds is 4. The SMILES string of the molecule is CCCCC(=O)N1CSCC1C(=O)N1CC(C)OC(C)C1. The Hall–Kier alpha value is -0.750. The second kappa shape index (κ2) is 7.49. The van der Waals surface area contributed by atoms with E-state index in [0.717, 1.165) is 18.6 Å². The summed E-state index contributed by atoms with van der Waals surface area (Å²) < 4.78 is 5.68. The molecular weight excluding hydrogens is 288 g/mol. The highest BCUT2D eigenvalue weighted by Gasteiger charge is 2.38. The summed E-state index contributed by atoms with van der Waals surface area (Å²) in [5, 5.41) is 0. The fourth-order valence-electron chi connectivity index (χ4n) is 2.93. The van der Waals surface area contributed by atoms with E-state index < -0.39 is 0 Å². The molecule has 0 aromatic carbocycles. The lowest BCUT2D eigenvalue weighted by molar-refractivity contribution is -0.151. The first-order valence-electron chi connectivity index (χ1n) is 7.84. The number of carbonyl (C=O) groups excluding carboxylic acids is 2. The van der Waals surface area contributed by atoms with E-state index in [9.17, 15) is 9.59 Å². The number of amides is 2. The zero-order chi connectivity index (χ0) is 15.4. The molecule has 2 amide bonds. The van der Waals surface area contributed by atoms with Gasteiger partial charge in [-0.15, -0.1) is 11.8 Å². The molecule has 0 bridgehead atoms. The number of hydrogen-bond donors (Lipinski definition) is 0. The van der Waals surface area contributed by atoms with Gasteiger partial charge in [0.25, 0.3) is 0 Å². The Morgan fingerprint density at radius 1 is 1.24 bits per heavy atom. The average Bonchev–Trinajstić information content (AvgIpc) is 2.92. The number of thioether (sulfide) groups is 1. The van der Waals surface area contributed by atoms with Crippen molar-refractivity contribution in [1.29, 1.82) is 0 Å². The summed E-state index contributed by atoms with van der Waals surface area (Å²) >= 11 is 1.67. The van der Waals surface area contributed by atoms with Crippen LogP contribution in [0.5, 0.6) is 0 Å². The van der Waals surface area contributed by atoms with Crippen molar-refractivity contribution in [2.45, 2.75) is 58.3 Å². The average molecular weight is 314 g/mol. The van der Waals surface area contributed by atoms with Crippen LogP contribution in [0.25, 0.3) is 0 Å². The van der Waals surface area contributed by atoms with E-state index in [1.54, 1.807) is 16.7 Å². The third-order valence-corrected chi connectivity index (χ3v) is 4.98. The molecule has 0 aliphatic carbocycles. The van der Waals surface area contributed by atoms with Crippen molar-refractivity contribution in [1.82, 2.24) is 9.80 Å². The molecular formula is C15H26N2O3S. The monoisotopic (exact) mass is 314 g/mol. The Balaban J connectivity index is 1.98. The zero-order valence-electron chi connectivity index (χ0n) is 13.2. The minimum atomic E-state index is -0.281. The van der Waals surface area contributed by atoms with E-state index in [1.165, 1.54) is 0 Å². The number of carbonyl (C=O) groups is 2. The molecule has 6 heteroatoms. The van der Waals surface area contributed by atoms with Crippen LogP contribution in [0.1, 0.15) is 40.0 Å². The van der Waals surface area contributed by atoms with Crippen LogP contribution >= 0.6 is 11.8 Å². The molecule has 0 aromatic rings. The molecule has 2 rings (SSSR count). The maximum absolute atomic E-state index is 12.7. The highest BCUT2D eigenvalue weighted by Crippen LogP contribution is 2.25. The maximum Gasteiger partial charge on any atom is 0.246 e. The van der Waals surface area contributed by atoms with Gasteiger partial charge in [-0.05, 0) is 20.3 Å². The Morgan fingerprint density at radius 2 is 1.90 bits per heavy atom. The minimum Gasteiger partial charge on any atom is -0.372 e. The smallest absolute Gasteiger partial charge is 0.246 e. The molecule has 2 aliphatic rings. The summed E-state index contributed by atoms with van der Waals surface area (Å²) in [5.74, 6) is 1.58. The van der Waals surface area contributed by atoms with Crippen LogP contribution in [-0.4, -0.2) is 64.6 Å². The largest absolute Gasteiger partial charge is 0.372 e. The van der Waals surface area contributed by atoms with E-state index in [2.05, 4.69) is 6.92 Å². The van der Waals surface area contributed by atoms with Crippen molar-refractivity contribution < 1.29 is 14.3 Å². The van der Waals surface area contributed by atoms with Gasteiger partial charge in [-0.2, -0.15) is 0 Å². The molecule has 21 heavy (non-hydrogen) atoms. The van der Waals surface area contributed by atoms with Crippen molar-refractivity contribution in [3.63, 3.8) is 0 Å². The molecule has 3 unspecified atom stereocenters. The van der Waals surface area contributed by atoms with Crippen LogP contribution in [0.2, 0.25) is 0 Å². The predicted octanol–water partition coefficient (Wildman–Crippen LogP) is 1.71. The van der Waals surface area contributed by atoms with Crippen LogP contribution in [0, 0.1) is 0 Å². The molecule has 0 aromatic heterocycles. The van der Waals surface area contributed by atoms with E-state index in [-0.39, 0.29) is 30.1 Å². The van der Waals surface area contributed by atoms with Gasteiger partial charge in [-0.3, -0.25) is 9.59 Å². The summed E-state index contributed by atoms with van der Waals surface area (Å²) in [6.45, 7) is 7.31. The Labute approximate surface area is 131 Å². The molecule has 5 nitrogen and oxygen atoms in total. The number of unbranched alkanes of at least 4 members (excludes halogenated alkanes) is 1. The van der Waals surface area contributed by atoms with E-state index in [0.29, 0.717) is 25.4 Å². The van der Waals surface area contributed by atoms with Crippen LogP contribution < -0.4 is 0 Å². The van der Waals surface area contributed by atoms with Gasteiger partial charge >= 0.3 is 0 Å². The summed E-state index contributed by atoms with van der Waals surface area (Å²) in [7, 11) is 0. The molecule has 0 N–H and O–H groups in total. The molecule has 2 aliphatic heterocycles. The first-order chi connectivity index (χ1) is 10.0. The summed E-state index contributed by atoms with van der Waals surface area (Å²) in [6.07, 6.45) is 2.58. The quantitative estimate of drug-likeness (QED) is 0.793. The van der Waals surface area contributed by atoms with Gasteiger partial charge in [0.15, 0.2) is 0 Å². The minimum absolute atomic E-state index is 0.0657. The van der Waals surface area contributed by atoms with Crippen molar-refractivity contribution in [2.24, 2.45) is 0 Å². The summed E-state index contributed by atoms with van der Waals surface area (Å²) in [5.41, 5.74) is 0. The topological polar surface area (TPSA) is 49.9 Å². The van der Waals surface area contributed by atoms with Crippen LogP contribution in [-0.2, 0) is 14.3 Å². The third kappa shape index (κ3) is 4.13. The normalized spacial score (nSPS) is 29.8. The second-order valence-electron chi connectivity index (χ2n) is 5.98. The van der Waals surface area contributed by atoms with Gasteiger partial charge in [-0.1, -0.05) is 13.3 Å². The first-order valence-corrected chi connectivity index (χ1v) is 8.99. The molecule has 0 radical (unpaired) electrons. The van der Waals surface area contributed by atoms with Crippen molar-refractivity contribution in [2.75, 3.05) is 24.7 Å². The molecule has 3 atom stereocenters. The molecule has 120 valence electrons. The fraction of sp³-hybridized carbons (Fsp3) is 0.867. The lowest BCUT2D eigenvalue weighted by atomic mass is 10.1. The molecule has 0 spiro atoms. The van der Waals surface area contributed by atoms with Crippen LogP contribution in [0.4, 0.5) is 0 Å². The van der Waals surface area contributed by atoms with Gasteiger partial charge in [0.2, 0.25) is 11.8 Å². The zero-order valence-corrected chi connectivity index (χ0v) is 14.0. The Kier molecular flexibility index (Phi) is 5.93. The number of hydrogen-bond acceptors (Lipinski definition) is 4. The molecule has 0 saturated carbocycles. The molecule has 2 heterocycles. The van der Waals surface area contributed by atoms with Crippen LogP contribution in [0.3, 0.4) is 0 Å². The van der Waals surface area contributed by atoms with Crippen LogP contribution in [0.15, 0.2) is 0 Å². The van der Waals surface area contributed by atoms with Gasteiger partial charge < -0.3 is 14.5 Å². The number of nitrogens with zero attached hydrogens (tertiary/aromatic N) is 2. The standard InChI is InChI=1S/C15H26N2O3S/c1-4-5-6-14(18)17-10-21-9-13(17)15(19)16-7-11(2)20-12(3)8-16/h11-13H,4-10H2,1-3H3. The fourth-order valence-corrected chi connectivity index (χ4v) is 4.11. The summed E-state index contributed by atoms with van der Waals surface area (Å²) in [6, 6.07) is -0.281. The highest BCUT2D eigenvalue weighted by molar-refractivity contribution is 7.99. The van der Waals surface area contributed by atoms with E-state index in [4.69, 9.17) is 4.74 Å². The maximum atomic E-state index is 12.7. The highest BCUT2D eigenvalue weighted by atomic mass is 32.2. The summed E-state index contributed by atoms with van der Waals surface area (Å²) in [4.78, 5) is 28.6. The van der Waals surface area contributed by atoms with Gasteiger partial charge in [0, 0.05) is 25.3 Å². The van der Waals surface area contributed by atoms with E-state index >= 15 is 0 Å². The van der Waals surface area contributed by atoms with Gasteiger partial charge in [0.05, 0.1) is 18.1 Å². The van der Waals surface area contributed by atoms with Gasteiger partial charge in [0.1, 0.15) is 6.04 Å². The van der Waals surface area contributed by atoms with Crippen molar-refractivity contribution in [3.05, 3.63) is 0 Å². The number of ether oxygens (including phenoxy) is 1. The lowest BCUT2D eigenvalue weighted by Crippen LogP contribution is -2.55. The van der Waals surface area contributed by atoms with Crippen molar-refractivity contribution >= 4 is 23.6 Å². The third-order valence-electron chi connectivity index (χ3n) is 3.96.